The number of benzene rings is 1. The molecule has 1 heterocycles. The van der Waals surface area contributed by atoms with E-state index in [1.54, 1.807) is 12.4 Å². The molecule has 0 aliphatic rings. The SMILES string of the molecule is N#CNc1cccc(NC#N)c1S(=O)(=O)Nc1cccc(N)n1. The van der Waals surface area contributed by atoms with Gasteiger partial charge in [0.05, 0.1) is 11.4 Å². The number of nitrogen functional groups attached to an aromatic ring is 1. The van der Waals surface area contributed by atoms with Gasteiger partial charge in [-0.2, -0.15) is 10.5 Å². The number of hydrogen-bond donors (Lipinski definition) is 4. The van der Waals surface area contributed by atoms with Gasteiger partial charge in [0.15, 0.2) is 12.4 Å². The third-order valence-electron chi connectivity index (χ3n) is 2.67. The van der Waals surface area contributed by atoms with Crippen molar-refractivity contribution in [2.24, 2.45) is 0 Å². The third kappa shape index (κ3) is 3.58. The second-order valence-corrected chi connectivity index (χ2v) is 5.83. The molecule has 0 amide bonds. The molecule has 0 radical (unpaired) electrons. The first-order valence-corrected chi connectivity index (χ1v) is 7.65. The van der Waals surface area contributed by atoms with E-state index in [0.29, 0.717) is 0 Å². The number of pyridine rings is 1. The van der Waals surface area contributed by atoms with Crippen molar-refractivity contribution in [1.82, 2.24) is 4.98 Å². The van der Waals surface area contributed by atoms with Crippen LogP contribution in [-0.4, -0.2) is 13.4 Å². The lowest BCUT2D eigenvalue weighted by Gasteiger charge is -2.14. The second-order valence-electron chi connectivity index (χ2n) is 4.21. The van der Waals surface area contributed by atoms with E-state index >= 15 is 0 Å². The fraction of sp³-hybridized carbons (Fsp3) is 0. The number of sulfonamides is 1. The van der Waals surface area contributed by atoms with E-state index in [4.69, 9.17) is 16.3 Å². The van der Waals surface area contributed by atoms with Crippen LogP contribution in [0.2, 0.25) is 0 Å². The molecule has 0 atom stereocenters. The summed E-state index contributed by atoms with van der Waals surface area (Å²) in [5.74, 6) is 0.156. The topological polar surface area (TPSA) is 157 Å². The highest BCUT2D eigenvalue weighted by molar-refractivity contribution is 7.93. The first-order chi connectivity index (χ1) is 11.0. The molecule has 2 aromatic rings. The van der Waals surface area contributed by atoms with Crippen LogP contribution < -0.4 is 21.1 Å². The highest BCUT2D eigenvalue weighted by Crippen LogP contribution is 2.30. The molecule has 0 aliphatic heterocycles. The molecule has 0 aliphatic carbocycles. The lowest BCUT2D eigenvalue weighted by molar-refractivity contribution is 0.601. The van der Waals surface area contributed by atoms with Crippen molar-refractivity contribution in [1.29, 1.82) is 10.5 Å². The van der Waals surface area contributed by atoms with Crippen LogP contribution >= 0.6 is 0 Å². The minimum Gasteiger partial charge on any atom is -0.384 e. The lowest BCUT2D eigenvalue weighted by atomic mass is 10.3. The molecule has 10 heteroatoms. The van der Waals surface area contributed by atoms with Gasteiger partial charge >= 0.3 is 0 Å². The Kier molecular flexibility index (Phi) is 4.50. The molecule has 0 saturated heterocycles. The number of nitrogens with two attached hydrogens (primary N) is 1. The summed E-state index contributed by atoms with van der Waals surface area (Å²) in [5, 5.41) is 22.1. The first-order valence-electron chi connectivity index (χ1n) is 6.16. The summed E-state index contributed by atoms with van der Waals surface area (Å²) in [6, 6.07) is 8.75. The Labute approximate surface area is 132 Å². The maximum Gasteiger partial charge on any atom is 0.267 e. The molecule has 5 N–H and O–H groups in total. The number of rotatable bonds is 5. The van der Waals surface area contributed by atoms with Crippen LogP contribution in [0, 0.1) is 22.9 Å². The number of nitriles is 2. The van der Waals surface area contributed by atoms with E-state index < -0.39 is 10.0 Å². The zero-order valence-electron chi connectivity index (χ0n) is 11.6. The molecule has 2 rings (SSSR count). The summed E-state index contributed by atoms with van der Waals surface area (Å²) in [4.78, 5) is 3.57. The fourth-order valence-corrected chi connectivity index (χ4v) is 3.15. The number of anilines is 4. The largest absolute Gasteiger partial charge is 0.384 e. The predicted octanol–water partition coefficient (Wildman–Crippen LogP) is 1.25. The van der Waals surface area contributed by atoms with E-state index in [9.17, 15) is 8.42 Å². The van der Waals surface area contributed by atoms with Gasteiger partial charge < -0.3 is 5.73 Å². The molecule has 1 aromatic carbocycles. The highest BCUT2D eigenvalue weighted by atomic mass is 32.2. The minimum atomic E-state index is -4.13. The Morgan fingerprint density at radius 3 is 2.09 bits per heavy atom. The minimum absolute atomic E-state index is 0.0136. The number of aromatic nitrogens is 1. The van der Waals surface area contributed by atoms with Crippen LogP contribution in [0.1, 0.15) is 0 Å². The van der Waals surface area contributed by atoms with Crippen molar-refractivity contribution in [3.05, 3.63) is 36.4 Å². The summed E-state index contributed by atoms with van der Waals surface area (Å²) in [7, 11) is -4.13. The Hall–Kier alpha value is -3.50. The summed E-state index contributed by atoms with van der Waals surface area (Å²) in [5.41, 5.74) is 5.55. The van der Waals surface area contributed by atoms with Gasteiger partial charge in [-0.1, -0.05) is 12.1 Å². The zero-order chi connectivity index (χ0) is 16.9. The van der Waals surface area contributed by atoms with Gasteiger partial charge in [0, 0.05) is 0 Å². The van der Waals surface area contributed by atoms with Gasteiger partial charge in [0.25, 0.3) is 10.0 Å². The van der Waals surface area contributed by atoms with Crippen molar-refractivity contribution in [3.63, 3.8) is 0 Å². The van der Waals surface area contributed by atoms with E-state index in [1.165, 1.54) is 36.4 Å². The molecule has 9 nitrogen and oxygen atoms in total. The second kappa shape index (κ2) is 6.51. The van der Waals surface area contributed by atoms with Crippen molar-refractivity contribution in [2.45, 2.75) is 4.90 Å². The van der Waals surface area contributed by atoms with Gasteiger partial charge in [-0.05, 0) is 24.3 Å². The van der Waals surface area contributed by atoms with Crippen molar-refractivity contribution >= 4 is 33.0 Å². The smallest absolute Gasteiger partial charge is 0.267 e. The van der Waals surface area contributed by atoms with E-state index in [1.807, 2.05) is 0 Å². The van der Waals surface area contributed by atoms with Crippen LogP contribution in [0.25, 0.3) is 0 Å². The zero-order valence-corrected chi connectivity index (χ0v) is 12.4. The average molecular weight is 329 g/mol. The fourth-order valence-electron chi connectivity index (χ4n) is 1.84. The summed E-state index contributed by atoms with van der Waals surface area (Å²) < 4.78 is 27.5. The average Bonchev–Trinajstić information content (AvgIpc) is 2.47. The van der Waals surface area contributed by atoms with Crippen molar-refractivity contribution in [3.8, 4) is 12.4 Å². The maximum atomic E-state index is 12.6. The van der Waals surface area contributed by atoms with Gasteiger partial charge in [0.2, 0.25) is 0 Å². The number of nitrogens with one attached hydrogen (secondary N) is 3. The number of nitrogens with zero attached hydrogens (tertiary/aromatic N) is 3. The van der Waals surface area contributed by atoms with E-state index in [0.717, 1.165) is 0 Å². The highest BCUT2D eigenvalue weighted by Gasteiger charge is 2.23. The summed E-state index contributed by atoms with van der Waals surface area (Å²) in [6.45, 7) is 0. The third-order valence-corrected chi connectivity index (χ3v) is 4.13. The monoisotopic (exact) mass is 329 g/mol. The molecule has 0 saturated carbocycles. The Bertz CT molecular complexity index is 878. The lowest BCUT2D eigenvalue weighted by Crippen LogP contribution is -2.17. The van der Waals surface area contributed by atoms with Crippen LogP contribution in [0.5, 0.6) is 0 Å². The molecule has 116 valence electrons. The number of hydrogen-bond acceptors (Lipinski definition) is 8. The predicted molar refractivity (Wildman–Crippen MR) is 84.4 cm³/mol. The van der Waals surface area contributed by atoms with Crippen LogP contribution in [0.15, 0.2) is 41.3 Å². The summed E-state index contributed by atoms with van der Waals surface area (Å²) in [6.07, 6.45) is 3.30. The molecular weight excluding hydrogens is 318 g/mol. The van der Waals surface area contributed by atoms with E-state index in [-0.39, 0.29) is 27.9 Å². The van der Waals surface area contributed by atoms with Gasteiger partial charge in [-0.3, -0.25) is 15.4 Å². The molecule has 0 spiro atoms. The van der Waals surface area contributed by atoms with Gasteiger partial charge in [-0.25, -0.2) is 13.4 Å². The van der Waals surface area contributed by atoms with E-state index in [2.05, 4.69) is 20.3 Å². The Morgan fingerprint density at radius 2 is 1.57 bits per heavy atom. The Balaban J connectivity index is 2.54. The van der Waals surface area contributed by atoms with Gasteiger partial charge in [-0.15, -0.1) is 0 Å². The van der Waals surface area contributed by atoms with Crippen molar-refractivity contribution < 1.29 is 8.42 Å². The van der Waals surface area contributed by atoms with Crippen LogP contribution in [0.4, 0.5) is 23.0 Å². The first kappa shape index (κ1) is 15.9. The molecule has 0 fully saturated rings. The quantitative estimate of drug-likeness (QED) is 0.471. The molecular formula is C13H11N7O2S. The standard InChI is InChI=1S/C13H11N7O2S/c14-7-17-9-3-1-4-10(18-8-15)13(9)23(21,22)20-12-6-2-5-11(16)19-12/h1-6,17-18H,(H3,16,19,20). The summed E-state index contributed by atoms with van der Waals surface area (Å²) >= 11 is 0. The van der Waals surface area contributed by atoms with Gasteiger partial charge in [0.1, 0.15) is 16.5 Å². The Morgan fingerprint density at radius 1 is 1.00 bits per heavy atom. The van der Waals surface area contributed by atoms with Crippen LogP contribution in [0.3, 0.4) is 0 Å². The molecule has 23 heavy (non-hydrogen) atoms. The molecule has 0 bridgehead atoms. The van der Waals surface area contributed by atoms with Crippen LogP contribution in [-0.2, 0) is 10.0 Å². The normalized spacial score (nSPS) is 10.2. The molecule has 1 aromatic heterocycles. The van der Waals surface area contributed by atoms with Crippen molar-refractivity contribution in [2.75, 3.05) is 21.1 Å². The molecule has 0 unspecified atom stereocenters. The maximum absolute atomic E-state index is 12.6.